The van der Waals surface area contributed by atoms with Crippen molar-refractivity contribution >= 4 is 34.7 Å². The molecule has 150 valence electrons. The van der Waals surface area contributed by atoms with Gasteiger partial charge in [0.05, 0.1) is 5.52 Å². The summed E-state index contributed by atoms with van der Waals surface area (Å²) in [5.41, 5.74) is 1.91. The van der Waals surface area contributed by atoms with E-state index in [0.29, 0.717) is 22.3 Å². The van der Waals surface area contributed by atoms with Gasteiger partial charge in [-0.05, 0) is 81.8 Å². The van der Waals surface area contributed by atoms with Gasteiger partial charge < -0.3 is 9.47 Å². The fourth-order valence-corrected chi connectivity index (χ4v) is 2.77. The maximum Gasteiger partial charge on any atom is 0.411 e. The van der Waals surface area contributed by atoms with Crippen molar-refractivity contribution in [3.05, 3.63) is 70.9 Å². The number of carbonyl (C=O) groups excluding carboxylic acids is 1. The number of aromatic nitrogens is 1. The largest absolute Gasteiger partial charge is 0.444 e. The highest BCUT2D eigenvalue weighted by molar-refractivity contribution is 6.30. The summed E-state index contributed by atoms with van der Waals surface area (Å²) >= 11 is 5.89. The lowest BCUT2D eigenvalue weighted by molar-refractivity contribution is 0.0547. The quantitative estimate of drug-likeness (QED) is 0.528. The Bertz CT molecular complexity index is 1050. The van der Waals surface area contributed by atoms with E-state index in [4.69, 9.17) is 21.1 Å². The van der Waals surface area contributed by atoms with Gasteiger partial charge in [0.15, 0.2) is 0 Å². The lowest BCUT2D eigenvalue weighted by Crippen LogP contribution is -2.31. The molecule has 3 aromatic rings. The van der Waals surface area contributed by atoms with Crippen LogP contribution in [0.2, 0.25) is 5.02 Å². The zero-order chi connectivity index (χ0) is 21.0. The Hall–Kier alpha value is -3.05. The van der Waals surface area contributed by atoms with E-state index in [9.17, 15) is 4.79 Å². The number of hydrogen-bond acceptors (Lipinski definition) is 4. The molecule has 3 rings (SSSR count). The fraction of sp³-hybridized carbons (Fsp3) is 0.217. The second-order valence-corrected chi connectivity index (χ2v) is 8.05. The number of alkyl carbamates (subject to hydrolysis) is 1. The number of hydrogen-bond donors (Lipinski definition) is 1. The molecule has 0 aliphatic carbocycles. The number of fused-ring (bicyclic) bond motifs is 1. The molecule has 0 unspecified atom stereocenters. The molecule has 0 bridgehead atoms. The van der Waals surface area contributed by atoms with Crippen LogP contribution in [-0.4, -0.2) is 16.7 Å². The molecule has 1 N–H and O–H groups in total. The van der Waals surface area contributed by atoms with Gasteiger partial charge in [-0.3, -0.25) is 5.32 Å². The van der Waals surface area contributed by atoms with E-state index in [1.54, 1.807) is 24.3 Å². The van der Waals surface area contributed by atoms with Crippen molar-refractivity contribution in [2.45, 2.75) is 33.3 Å². The van der Waals surface area contributed by atoms with Crippen LogP contribution in [0.3, 0.4) is 0 Å². The number of amides is 1. The van der Waals surface area contributed by atoms with Crippen LogP contribution in [0.15, 0.2) is 60.3 Å². The molecule has 0 spiro atoms. The molecular formula is C23H23ClN2O3. The van der Waals surface area contributed by atoms with E-state index in [1.807, 2.05) is 64.1 Å². The van der Waals surface area contributed by atoms with Crippen molar-refractivity contribution in [1.82, 2.24) is 10.3 Å². The third-order valence-corrected chi connectivity index (χ3v) is 4.06. The van der Waals surface area contributed by atoms with Gasteiger partial charge in [0.25, 0.3) is 0 Å². The Morgan fingerprint density at radius 3 is 2.48 bits per heavy atom. The Balaban J connectivity index is 1.73. The maximum atomic E-state index is 11.9. The van der Waals surface area contributed by atoms with E-state index in [0.717, 1.165) is 16.5 Å². The molecule has 6 heteroatoms. The monoisotopic (exact) mass is 410 g/mol. The van der Waals surface area contributed by atoms with Crippen molar-refractivity contribution in [2.24, 2.45) is 0 Å². The van der Waals surface area contributed by atoms with Crippen LogP contribution in [0.1, 0.15) is 33.3 Å². The minimum Gasteiger partial charge on any atom is -0.444 e. The lowest BCUT2D eigenvalue weighted by atomic mass is 10.1. The molecule has 0 saturated heterocycles. The molecule has 1 aromatic heterocycles. The van der Waals surface area contributed by atoms with E-state index in [-0.39, 0.29) is 0 Å². The van der Waals surface area contributed by atoms with Gasteiger partial charge >= 0.3 is 6.09 Å². The first-order chi connectivity index (χ1) is 13.7. The minimum absolute atomic E-state index is 0.474. The van der Waals surface area contributed by atoms with Crippen molar-refractivity contribution in [3.8, 4) is 11.6 Å². The Labute approximate surface area is 175 Å². The summed E-state index contributed by atoms with van der Waals surface area (Å²) < 4.78 is 11.0. The Kier molecular flexibility index (Phi) is 6.09. The topological polar surface area (TPSA) is 60.5 Å². The lowest BCUT2D eigenvalue weighted by Gasteiger charge is -2.19. The van der Waals surface area contributed by atoms with Crippen LogP contribution >= 0.6 is 11.6 Å². The number of rotatable bonds is 4. The number of allylic oxidation sites excluding steroid dienone is 1. The average Bonchev–Trinajstić information content (AvgIpc) is 2.62. The molecule has 0 fully saturated rings. The van der Waals surface area contributed by atoms with Crippen molar-refractivity contribution in [2.75, 3.05) is 0 Å². The standard InChI is InChI=1S/C23H23ClN2O3/c1-15(25-22(27)29-23(2,3)4)13-16-5-11-20-17(14-16)6-12-21(26-20)28-19-9-7-18(24)8-10-19/h5-14H,1-4H3,(H,25,27). The van der Waals surface area contributed by atoms with Gasteiger partial charge in [0.2, 0.25) is 5.88 Å². The van der Waals surface area contributed by atoms with Crippen LogP contribution < -0.4 is 10.1 Å². The number of halogens is 1. The van der Waals surface area contributed by atoms with Crippen molar-refractivity contribution in [3.63, 3.8) is 0 Å². The highest BCUT2D eigenvalue weighted by atomic mass is 35.5. The number of nitrogens with zero attached hydrogens (tertiary/aromatic N) is 1. The highest BCUT2D eigenvalue weighted by Crippen LogP contribution is 2.24. The third-order valence-electron chi connectivity index (χ3n) is 3.81. The number of pyridine rings is 1. The van der Waals surface area contributed by atoms with E-state index >= 15 is 0 Å². The summed E-state index contributed by atoms with van der Waals surface area (Å²) in [4.78, 5) is 16.4. The molecule has 0 saturated carbocycles. The summed E-state index contributed by atoms with van der Waals surface area (Å²) in [5, 5.41) is 4.35. The van der Waals surface area contributed by atoms with Gasteiger partial charge in [-0.2, -0.15) is 0 Å². The fourth-order valence-electron chi connectivity index (χ4n) is 2.65. The Morgan fingerprint density at radius 1 is 1.07 bits per heavy atom. The zero-order valence-corrected chi connectivity index (χ0v) is 17.6. The van der Waals surface area contributed by atoms with E-state index in [2.05, 4.69) is 10.3 Å². The van der Waals surface area contributed by atoms with Crippen LogP contribution in [-0.2, 0) is 4.74 Å². The normalized spacial score (nSPS) is 12.0. The summed E-state index contributed by atoms with van der Waals surface area (Å²) in [6.45, 7) is 7.29. The molecule has 0 aliphatic rings. The molecule has 0 atom stereocenters. The van der Waals surface area contributed by atoms with Gasteiger partial charge in [0.1, 0.15) is 11.4 Å². The summed E-state index contributed by atoms with van der Waals surface area (Å²) in [7, 11) is 0. The molecule has 2 aromatic carbocycles. The van der Waals surface area contributed by atoms with Crippen LogP contribution in [0, 0.1) is 0 Å². The first-order valence-electron chi connectivity index (χ1n) is 9.20. The van der Waals surface area contributed by atoms with Crippen molar-refractivity contribution < 1.29 is 14.3 Å². The van der Waals surface area contributed by atoms with Gasteiger partial charge in [-0.15, -0.1) is 0 Å². The third kappa shape index (κ3) is 6.22. The van der Waals surface area contributed by atoms with Crippen LogP contribution in [0.4, 0.5) is 4.79 Å². The molecule has 0 radical (unpaired) electrons. The first kappa shape index (κ1) is 20.7. The van der Waals surface area contributed by atoms with Crippen LogP contribution in [0.5, 0.6) is 11.6 Å². The summed E-state index contributed by atoms with van der Waals surface area (Å²) in [5.74, 6) is 1.18. The molecule has 29 heavy (non-hydrogen) atoms. The number of carbonyl (C=O) groups is 1. The highest BCUT2D eigenvalue weighted by Gasteiger charge is 2.16. The SMILES string of the molecule is CC(=Cc1ccc2nc(Oc3ccc(Cl)cc3)ccc2c1)NC(=O)OC(C)(C)C. The predicted octanol–water partition coefficient (Wildman–Crippen LogP) is 6.57. The molecule has 0 aliphatic heterocycles. The van der Waals surface area contributed by atoms with E-state index < -0.39 is 11.7 Å². The Morgan fingerprint density at radius 2 is 1.79 bits per heavy atom. The molecule has 1 amide bonds. The van der Waals surface area contributed by atoms with Crippen LogP contribution in [0.25, 0.3) is 17.0 Å². The second-order valence-electron chi connectivity index (χ2n) is 7.61. The van der Waals surface area contributed by atoms with Gasteiger partial charge in [-0.1, -0.05) is 17.7 Å². The van der Waals surface area contributed by atoms with Gasteiger partial charge in [-0.25, -0.2) is 9.78 Å². The number of ether oxygens (including phenoxy) is 2. The summed E-state index contributed by atoms with van der Waals surface area (Å²) in [6.07, 6.45) is 1.40. The predicted molar refractivity (Wildman–Crippen MR) is 116 cm³/mol. The van der Waals surface area contributed by atoms with Crippen molar-refractivity contribution in [1.29, 1.82) is 0 Å². The average molecular weight is 411 g/mol. The maximum absolute atomic E-state index is 11.9. The van der Waals surface area contributed by atoms with Gasteiger partial charge in [0, 0.05) is 22.2 Å². The minimum atomic E-state index is -0.537. The van der Waals surface area contributed by atoms with E-state index in [1.165, 1.54) is 0 Å². The molecule has 1 heterocycles. The first-order valence-corrected chi connectivity index (χ1v) is 9.58. The smallest absolute Gasteiger partial charge is 0.411 e. The molecule has 5 nitrogen and oxygen atoms in total. The number of benzene rings is 2. The number of nitrogens with one attached hydrogen (secondary N) is 1. The second kappa shape index (κ2) is 8.53. The summed E-state index contributed by atoms with van der Waals surface area (Å²) in [6, 6.07) is 16.7. The zero-order valence-electron chi connectivity index (χ0n) is 16.8. The molecular weight excluding hydrogens is 388 g/mol.